The van der Waals surface area contributed by atoms with Crippen LogP contribution in [-0.2, 0) is 17.6 Å². The fourth-order valence-electron chi connectivity index (χ4n) is 4.32. The minimum absolute atomic E-state index is 0.0720. The molecular formula is C24H22ClFN4O2. The summed E-state index contributed by atoms with van der Waals surface area (Å²) in [4.78, 5) is 22.7. The maximum Gasteiger partial charge on any atom is 0.231 e. The van der Waals surface area contributed by atoms with Crippen LogP contribution in [0.3, 0.4) is 0 Å². The number of fused-ring (bicyclic) bond motifs is 1. The van der Waals surface area contributed by atoms with Gasteiger partial charge in [0.25, 0.3) is 0 Å². The van der Waals surface area contributed by atoms with Gasteiger partial charge in [-0.15, -0.1) is 0 Å². The third-order valence-corrected chi connectivity index (χ3v) is 6.39. The average Bonchev–Trinajstić information content (AvgIpc) is 3.19. The zero-order chi connectivity index (χ0) is 22.2. The number of aliphatic hydroxyl groups excluding tert-OH is 1. The van der Waals surface area contributed by atoms with Gasteiger partial charge in [-0.3, -0.25) is 4.79 Å². The second kappa shape index (κ2) is 8.48. The number of carbonyl (C=O) groups is 1. The molecule has 0 atom stereocenters. The second-order valence-corrected chi connectivity index (χ2v) is 8.65. The molecule has 164 valence electrons. The van der Waals surface area contributed by atoms with Crippen molar-refractivity contribution in [3.8, 4) is 11.1 Å². The van der Waals surface area contributed by atoms with E-state index in [1.54, 1.807) is 24.5 Å². The standard InChI is InChI=1S/C24H22ClFN4O2/c25-24-16(2-1-5-28-24)11-22(32)30-7-4-15-8-17(9-20(26)23(15)30)14-3-6-27-21(10-14)29-18-12-19(31)13-18/h1-3,5-6,8-10,18-19,31H,4,7,11-13H2,(H,27,29). The van der Waals surface area contributed by atoms with Gasteiger partial charge in [0, 0.05) is 25.0 Å². The van der Waals surface area contributed by atoms with Crippen molar-refractivity contribution >= 4 is 29.0 Å². The minimum Gasteiger partial charge on any atom is -0.393 e. The summed E-state index contributed by atoms with van der Waals surface area (Å²) in [6, 6.07) is 10.8. The molecule has 1 amide bonds. The number of carbonyl (C=O) groups excluding carboxylic acids is 1. The summed E-state index contributed by atoms with van der Waals surface area (Å²) in [7, 11) is 0. The third-order valence-electron chi connectivity index (χ3n) is 6.05. The van der Waals surface area contributed by atoms with Crippen LogP contribution in [0, 0.1) is 5.82 Å². The van der Waals surface area contributed by atoms with E-state index in [1.165, 1.54) is 11.0 Å². The highest BCUT2D eigenvalue weighted by Crippen LogP contribution is 2.36. The number of rotatable bonds is 5. The number of amides is 1. The van der Waals surface area contributed by atoms with Gasteiger partial charge in [0.1, 0.15) is 16.8 Å². The van der Waals surface area contributed by atoms with E-state index in [-0.39, 0.29) is 29.6 Å². The van der Waals surface area contributed by atoms with Crippen molar-refractivity contribution in [1.29, 1.82) is 0 Å². The van der Waals surface area contributed by atoms with Gasteiger partial charge >= 0.3 is 0 Å². The highest BCUT2D eigenvalue weighted by molar-refractivity contribution is 6.30. The first-order valence-electron chi connectivity index (χ1n) is 10.6. The number of aliphatic hydroxyl groups is 1. The number of halogens is 2. The van der Waals surface area contributed by atoms with Crippen molar-refractivity contribution in [3.05, 3.63) is 70.9 Å². The van der Waals surface area contributed by atoms with Crippen LogP contribution in [0.25, 0.3) is 11.1 Å². The van der Waals surface area contributed by atoms with Gasteiger partial charge in [0.15, 0.2) is 0 Å². The lowest BCUT2D eigenvalue weighted by atomic mass is 9.89. The third kappa shape index (κ3) is 4.06. The molecule has 0 unspecified atom stereocenters. The summed E-state index contributed by atoms with van der Waals surface area (Å²) < 4.78 is 15.2. The van der Waals surface area contributed by atoms with Crippen LogP contribution in [0.15, 0.2) is 48.8 Å². The molecule has 0 saturated heterocycles. The summed E-state index contributed by atoms with van der Waals surface area (Å²) >= 11 is 6.08. The Hall–Kier alpha value is -3.03. The number of nitrogens with zero attached hydrogens (tertiary/aromatic N) is 3. The lowest BCUT2D eigenvalue weighted by molar-refractivity contribution is -0.117. The molecule has 3 heterocycles. The largest absolute Gasteiger partial charge is 0.393 e. The Morgan fingerprint density at radius 1 is 1.19 bits per heavy atom. The molecular weight excluding hydrogens is 431 g/mol. The smallest absolute Gasteiger partial charge is 0.231 e. The first kappa shape index (κ1) is 20.8. The van der Waals surface area contributed by atoms with E-state index in [1.807, 2.05) is 18.2 Å². The fourth-order valence-corrected chi connectivity index (χ4v) is 4.51. The number of hydrogen-bond donors (Lipinski definition) is 2. The Morgan fingerprint density at radius 3 is 2.81 bits per heavy atom. The van der Waals surface area contributed by atoms with Gasteiger partial charge in [-0.25, -0.2) is 14.4 Å². The monoisotopic (exact) mass is 452 g/mol. The molecule has 2 aromatic heterocycles. The van der Waals surface area contributed by atoms with Gasteiger partial charge in [0.2, 0.25) is 5.91 Å². The number of benzene rings is 1. The van der Waals surface area contributed by atoms with Gasteiger partial charge in [-0.1, -0.05) is 17.7 Å². The molecule has 2 N–H and O–H groups in total. The normalized spacial score (nSPS) is 19.4. The van der Waals surface area contributed by atoms with Gasteiger partial charge in [-0.05, 0) is 71.8 Å². The summed E-state index contributed by atoms with van der Waals surface area (Å²) in [5.41, 5.74) is 3.36. The fraction of sp³-hybridized carbons (Fsp3) is 0.292. The van der Waals surface area contributed by atoms with Crippen molar-refractivity contribution in [2.75, 3.05) is 16.8 Å². The van der Waals surface area contributed by atoms with Crippen LogP contribution in [-0.4, -0.2) is 39.7 Å². The zero-order valence-corrected chi connectivity index (χ0v) is 18.0. The number of anilines is 2. The van der Waals surface area contributed by atoms with Crippen LogP contribution < -0.4 is 10.2 Å². The van der Waals surface area contributed by atoms with Crippen molar-refractivity contribution in [3.63, 3.8) is 0 Å². The second-order valence-electron chi connectivity index (χ2n) is 8.29. The molecule has 8 heteroatoms. The number of nitrogens with one attached hydrogen (secondary N) is 1. The molecule has 1 aliphatic carbocycles. The Balaban J connectivity index is 1.37. The first-order chi connectivity index (χ1) is 15.5. The SMILES string of the molecule is O=C(Cc1cccnc1Cl)N1CCc2cc(-c3ccnc(NC4CC(O)C4)c3)cc(F)c21. The zero-order valence-electron chi connectivity index (χ0n) is 17.3. The van der Waals surface area contributed by atoms with E-state index in [9.17, 15) is 9.90 Å². The van der Waals surface area contributed by atoms with Gasteiger partial charge < -0.3 is 15.3 Å². The summed E-state index contributed by atoms with van der Waals surface area (Å²) in [5.74, 6) is 0.0721. The van der Waals surface area contributed by atoms with Crippen molar-refractivity contribution < 1.29 is 14.3 Å². The molecule has 32 heavy (non-hydrogen) atoms. The van der Waals surface area contributed by atoms with E-state index in [0.717, 1.165) is 16.7 Å². The lowest BCUT2D eigenvalue weighted by Gasteiger charge is -2.32. The molecule has 0 bridgehead atoms. The van der Waals surface area contributed by atoms with Crippen LogP contribution >= 0.6 is 11.6 Å². The maximum absolute atomic E-state index is 15.2. The molecule has 1 aliphatic heterocycles. The molecule has 1 saturated carbocycles. The molecule has 3 aromatic rings. The molecule has 6 nitrogen and oxygen atoms in total. The Kier molecular flexibility index (Phi) is 5.53. The van der Waals surface area contributed by atoms with E-state index >= 15 is 4.39 Å². The topological polar surface area (TPSA) is 78.4 Å². The quantitative estimate of drug-likeness (QED) is 0.572. The molecule has 1 aromatic carbocycles. The molecule has 5 rings (SSSR count). The van der Waals surface area contributed by atoms with Crippen molar-refractivity contribution in [2.45, 2.75) is 37.8 Å². The van der Waals surface area contributed by atoms with E-state index in [4.69, 9.17) is 11.6 Å². The Bertz CT molecular complexity index is 1180. The molecule has 2 aliphatic rings. The van der Waals surface area contributed by atoms with E-state index in [2.05, 4.69) is 15.3 Å². The first-order valence-corrected chi connectivity index (χ1v) is 11.0. The highest BCUT2D eigenvalue weighted by atomic mass is 35.5. The number of hydrogen-bond acceptors (Lipinski definition) is 5. The summed E-state index contributed by atoms with van der Waals surface area (Å²) in [6.45, 7) is 0.430. The van der Waals surface area contributed by atoms with Crippen molar-refractivity contribution in [2.24, 2.45) is 0 Å². The Labute approximate surface area is 190 Å². The molecule has 0 radical (unpaired) electrons. The van der Waals surface area contributed by atoms with Gasteiger partial charge in [-0.2, -0.15) is 0 Å². The summed E-state index contributed by atoms with van der Waals surface area (Å²) in [6.07, 6.45) is 5.07. The average molecular weight is 453 g/mol. The number of pyridine rings is 2. The minimum atomic E-state index is -0.422. The predicted octanol–water partition coefficient (Wildman–Crippen LogP) is 4.00. The molecule has 0 spiro atoms. The van der Waals surface area contributed by atoms with Gasteiger partial charge in [0.05, 0.1) is 18.2 Å². The van der Waals surface area contributed by atoms with E-state index < -0.39 is 5.82 Å². The summed E-state index contributed by atoms with van der Waals surface area (Å²) in [5, 5.41) is 13.1. The van der Waals surface area contributed by atoms with Crippen LogP contribution in [0.1, 0.15) is 24.0 Å². The Morgan fingerprint density at radius 2 is 2.03 bits per heavy atom. The maximum atomic E-state index is 15.2. The van der Waals surface area contributed by atoms with Crippen molar-refractivity contribution in [1.82, 2.24) is 9.97 Å². The predicted molar refractivity (Wildman–Crippen MR) is 121 cm³/mol. The van der Waals surface area contributed by atoms with Crippen LogP contribution in [0.2, 0.25) is 5.15 Å². The molecule has 1 fully saturated rings. The number of aromatic nitrogens is 2. The van der Waals surface area contributed by atoms with Crippen LogP contribution in [0.4, 0.5) is 15.9 Å². The van der Waals surface area contributed by atoms with Crippen LogP contribution in [0.5, 0.6) is 0 Å². The highest BCUT2D eigenvalue weighted by Gasteiger charge is 2.29. The lowest BCUT2D eigenvalue weighted by Crippen LogP contribution is -2.39. The van der Waals surface area contributed by atoms with E-state index in [0.29, 0.717) is 42.9 Å².